The lowest BCUT2D eigenvalue weighted by Gasteiger charge is -2.05. The van der Waals surface area contributed by atoms with Gasteiger partial charge in [0.05, 0.1) is 0 Å². The van der Waals surface area contributed by atoms with Gasteiger partial charge in [-0.1, -0.05) is 68.7 Å². The third-order valence-corrected chi connectivity index (χ3v) is 4.00. The van der Waals surface area contributed by atoms with Crippen LogP contribution in [-0.2, 0) is 6.42 Å². The van der Waals surface area contributed by atoms with E-state index in [1.165, 1.54) is 59.9 Å². The summed E-state index contributed by atoms with van der Waals surface area (Å²) < 4.78 is 0. The van der Waals surface area contributed by atoms with Gasteiger partial charge in [0.25, 0.3) is 0 Å². The molecule has 0 saturated carbocycles. The van der Waals surface area contributed by atoms with Gasteiger partial charge in [0, 0.05) is 6.42 Å². The van der Waals surface area contributed by atoms with Gasteiger partial charge in [-0.05, 0) is 40.7 Å². The maximum Gasteiger partial charge on any atom is 0.0212 e. The van der Waals surface area contributed by atoms with Crippen LogP contribution in [0.2, 0.25) is 0 Å². The summed E-state index contributed by atoms with van der Waals surface area (Å²) >= 11 is 0. The van der Waals surface area contributed by atoms with Gasteiger partial charge < -0.3 is 0 Å². The number of hydrogen-bond donors (Lipinski definition) is 0. The van der Waals surface area contributed by atoms with Crippen LogP contribution in [0.1, 0.15) is 49.3 Å². The van der Waals surface area contributed by atoms with E-state index in [0.29, 0.717) is 0 Å². The molecule has 1 aliphatic rings. The third kappa shape index (κ3) is 2.58. The van der Waals surface area contributed by atoms with Crippen LogP contribution in [0.25, 0.3) is 11.1 Å². The van der Waals surface area contributed by atoms with E-state index >= 15 is 0 Å². The van der Waals surface area contributed by atoms with Crippen molar-refractivity contribution in [2.75, 3.05) is 0 Å². The van der Waals surface area contributed by atoms with Crippen LogP contribution in [-0.4, -0.2) is 0 Å². The minimum atomic E-state index is 1.22. The summed E-state index contributed by atoms with van der Waals surface area (Å²) in [7, 11) is 0. The van der Waals surface area contributed by atoms with Crippen LogP contribution < -0.4 is 0 Å². The Morgan fingerprint density at radius 2 is 1.63 bits per heavy atom. The van der Waals surface area contributed by atoms with Crippen molar-refractivity contribution in [2.45, 2.75) is 39.0 Å². The second-order valence-corrected chi connectivity index (χ2v) is 5.46. The summed E-state index contributed by atoms with van der Waals surface area (Å²) in [5, 5.41) is 0. The van der Waals surface area contributed by atoms with Gasteiger partial charge in [0.2, 0.25) is 0 Å². The Balaban J connectivity index is 1.74. The molecule has 97 valence electrons. The lowest BCUT2D eigenvalue weighted by molar-refractivity contribution is 0.667. The summed E-state index contributed by atoms with van der Waals surface area (Å²) in [5.41, 5.74) is 7.02. The van der Waals surface area contributed by atoms with E-state index < -0.39 is 0 Å². The van der Waals surface area contributed by atoms with Crippen molar-refractivity contribution in [3.63, 3.8) is 0 Å². The van der Waals surface area contributed by atoms with Crippen LogP contribution >= 0.6 is 0 Å². The Bertz CT molecular complexity index is 566. The van der Waals surface area contributed by atoms with Crippen molar-refractivity contribution in [3.05, 3.63) is 65.6 Å². The SMILES string of the molecule is CCCCCCc1ccc2c(c1)[CH]c1ccccc1-2. The molecule has 3 rings (SSSR count). The molecule has 0 amide bonds. The summed E-state index contributed by atoms with van der Waals surface area (Å²) in [6.07, 6.45) is 8.89. The minimum Gasteiger partial charge on any atom is -0.0654 e. The summed E-state index contributed by atoms with van der Waals surface area (Å²) in [5.74, 6) is 0. The van der Waals surface area contributed by atoms with Crippen LogP contribution in [0.15, 0.2) is 42.5 Å². The number of aryl methyl sites for hydroxylation is 1. The Morgan fingerprint density at radius 3 is 2.53 bits per heavy atom. The first-order valence-corrected chi connectivity index (χ1v) is 7.45. The fourth-order valence-corrected chi connectivity index (χ4v) is 2.92. The van der Waals surface area contributed by atoms with Crippen LogP contribution in [0.3, 0.4) is 0 Å². The highest BCUT2D eigenvalue weighted by molar-refractivity contribution is 5.81. The van der Waals surface area contributed by atoms with Crippen molar-refractivity contribution in [1.82, 2.24) is 0 Å². The second-order valence-electron chi connectivity index (χ2n) is 5.46. The van der Waals surface area contributed by atoms with Gasteiger partial charge in [-0.25, -0.2) is 0 Å². The molecule has 0 aliphatic heterocycles. The van der Waals surface area contributed by atoms with E-state index in [4.69, 9.17) is 0 Å². The Hall–Kier alpha value is -1.56. The molecule has 2 aromatic carbocycles. The molecule has 0 heteroatoms. The van der Waals surface area contributed by atoms with Gasteiger partial charge in [-0.2, -0.15) is 0 Å². The van der Waals surface area contributed by atoms with E-state index in [1.54, 1.807) is 0 Å². The second kappa shape index (κ2) is 5.61. The van der Waals surface area contributed by atoms with Crippen molar-refractivity contribution in [2.24, 2.45) is 0 Å². The first kappa shape index (κ1) is 12.5. The zero-order valence-corrected chi connectivity index (χ0v) is 11.7. The zero-order chi connectivity index (χ0) is 13.1. The molecular weight excluding hydrogens is 228 g/mol. The molecule has 1 aliphatic carbocycles. The normalized spacial score (nSPS) is 12.3. The van der Waals surface area contributed by atoms with Crippen LogP contribution in [0.5, 0.6) is 0 Å². The Labute approximate surface area is 116 Å². The molecule has 1 radical (unpaired) electrons. The molecule has 0 aromatic heterocycles. The minimum absolute atomic E-state index is 1.22. The quantitative estimate of drug-likeness (QED) is 0.532. The number of rotatable bonds is 5. The van der Waals surface area contributed by atoms with E-state index in [-0.39, 0.29) is 0 Å². The van der Waals surface area contributed by atoms with Crippen molar-refractivity contribution >= 4 is 0 Å². The lowest BCUT2D eigenvalue weighted by atomic mass is 10.00. The highest BCUT2D eigenvalue weighted by Gasteiger charge is 2.17. The topological polar surface area (TPSA) is 0 Å². The maximum atomic E-state index is 2.38. The van der Waals surface area contributed by atoms with Crippen molar-refractivity contribution in [1.29, 1.82) is 0 Å². The largest absolute Gasteiger partial charge is 0.0654 e. The monoisotopic (exact) mass is 249 g/mol. The molecule has 0 nitrogen and oxygen atoms in total. The number of hydrogen-bond acceptors (Lipinski definition) is 0. The number of unbranched alkanes of at least 4 members (excludes halogenated alkanes) is 3. The predicted molar refractivity (Wildman–Crippen MR) is 82.2 cm³/mol. The summed E-state index contributed by atoms with van der Waals surface area (Å²) in [6, 6.07) is 15.6. The molecule has 0 bridgehead atoms. The predicted octanol–water partition coefficient (Wildman–Crippen LogP) is 5.39. The first-order valence-electron chi connectivity index (χ1n) is 7.45. The molecule has 19 heavy (non-hydrogen) atoms. The Morgan fingerprint density at radius 1 is 0.789 bits per heavy atom. The van der Waals surface area contributed by atoms with Gasteiger partial charge >= 0.3 is 0 Å². The van der Waals surface area contributed by atoms with E-state index in [9.17, 15) is 0 Å². The average Bonchev–Trinajstić information content (AvgIpc) is 2.81. The smallest absolute Gasteiger partial charge is 0.0212 e. The van der Waals surface area contributed by atoms with Crippen LogP contribution in [0.4, 0.5) is 0 Å². The molecule has 0 spiro atoms. The van der Waals surface area contributed by atoms with E-state index in [1.807, 2.05) is 0 Å². The standard InChI is InChI=1S/C19H21/c1-2-3-4-5-8-15-11-12-19-17(13-15)14-16-9-6-7-10-18(16)19/h6-7,9-14H,2-5,8H2,1H3. The Kier molecular flexibility index (Phi) is 3.68. The zero-order valence-electron chi connectivity index (χ0n) is 11.7. The van der Waals surface area contributed by atoms with Gasteiger partial charge in [-0.15, -0.1) is 0 Å². The van der Waals surface area contributed by atoms with Gasteiger partial charge in [-0.3, -0.25) is 0 Å². The maximum absolute atomic E-state index is 2.38. The highest BCUT2D eigenvalue weighted by atomic mass is 14.2. The molecule has 2 aromatic rings. The van der Waals surface area contributed by atoms with E-state index in [2.05, 4.69) is 55.8 Å². The fraction of sp³-hybridized carbons (Fsp3) is 0.316. The van der Waals surface area contributed by atoms with Crippen LogP contribution in [0, 0.1) is 6.42 Å². The molecular formula is C19H21. The fourth-order valence-electron chi connectivity index (χ4n) is 2.92. The lowest BCUT2D eigenvalue weighted by Crippen LogP contribution is -1.88. The molecule has 0 unspecified atom stereocenters. The molecule has 0 atom stereocenters. The first-order chi connectivity index (χ1) is 9.38. The number of fused-ring (bicyclic) bond motifs is 3. The van der Waals surface area contributed by atoms with E-state index in [0.717, 1.165) is 0 Å². The van der Waals surface area contributed by atoms with Crippen molar-refractivity contribution in [3.8, 4) is 11.1 Å². The summed E-state index contributed by atoms with van der Waals surface area (Å²) in [6.45, 7) is 2.27. The molecule has 0 saturated heterocycles. The third-order valence-electron chi connectivity index (χ3n) is 4.00. The summed E-state index contributed by atoms with van der Waals surface area (Å²) in [4.78, 5) is 0. The molecule has 0 heterocycles. The number of benzene rings is 2. The molecule has 0 N–H and O–H groups in total. The highest BCUT2D eigenvalue weighted by Crippen LogP contribution is 2.38. The van der Waals surface area contributed by atoms with Crippen molar-refractivity contribution < 1.29 is 0 Å². The molecule has 0 fully saturated rings. The van der Waals surface area contributed by atoms with Gasteiger partial charge in [0.15, 0.2) is 0 Å². The van der Waals surface area contributed by atoms with Gasteiger partial charge in [0.1, 0.15) is 0 Å². The average molecular weight is 249 g/mol.